The van der Waals surface area contributed by atoms with E-state index in [4.69, 9.17) is 0 Å². The first-order chi connectivity index (χ1) is 8.09. The molecule has 17 heavy (non-hydrogen) atoms. The quantitative estimate of drug-likeness (QED) is 0.897. The molecule has 0 fully saturated rings. The molecule has 0 aliphatic heterocycles. The average Bonchev–Trinajstić information content (AvgIpc) is 2.30. The normalized spacial score (nSPS) is 11.1. The van der Waals surface area contributed by atoms with Crippen molar-refractivity contribution in [2.24, 2.45) is 0 Å². The highest BCUT2D eigenvalue weighted by Crippen LogP contribution is 2.15. The summed E-state index contributed by atoms with van der Waals surface area (Å²) in [5.41, 5.74) is 0.296. The van der Waals surface area contributed by atoms with E-state index in [2.05, 4.69) is 14.7 Å². The second kappa shape index (κ2) is 4.46. The van der Waals surface area contributed by atoms with Crippen molar-refractivity contribution in [1.82, 2.24) is 9.97 Å². The maximum absolute atomic E-state index is 13.3. The van der Waals surface area contributed by atoms with Crippen LogP contribution >= 0.6 is 0 Å². The topological polar surface area (TPSA) is 72.0 Å². The Labute approximate surface area is 97.4 Å². The first kappa shape index (κ1) is 11.5. The largest absolute Gasteiger partial charge is 0.282 e. The molecule has 0 atom stereocenters. The van der Waals surface area contributed by atoms with Gasteiger partial charge in [-0.3, -0.25) is 9.71 Å². The summed E-state index contributed by atoms with van der Waals surface area (Å²) in [7, 11) is -4.01. The molecular weight excluding hydrogens is 245 g/mol. The fraction of sp³-hybridized carbons (Fsp3) is 0. The lowest BCUT2D eigenvalue weighted by Crippen LogP contribution is -2.16. The van der Waals surface area contributed by atoms with E-state index in [9.17, 15) is 12.8 Å². The summed E-state index contributed by atoms with van der Waals surface area (Å²) in [6.45, 7) is 0. The Bertz CT molecular complexity index is 616. The number of aromatic nitrogens is 2. The summed E-state index contributed by atoms with van der Waals surface area (Å²) < 4.78 is 39.1. The highest BCUT2D eigenvalue weighted by atomic mass is 32.2. The van der Waals surface area contributed by atoms with E-state index < -0.39 is 20.9 Å². The molecule has 0 unspecified atom stereocenters. The van der Waals surface area contributed by atoms with Crippen LogP contribution in [-0.2, 0) is 10.0 Å². The van der Waals surface area contributed by atoms with E-state index in [1.807, 2.05) is 0 Å². The summed E-state index contributed by atoms with van der Waals surface area (Å²) in [6.07, 6.45) is 4.06. The van der Waals surface area contributed by atoms with Crippen molar-refractivity contribution >= 4 is 15.7 Å². The van der Waals surface area contributed by atoms with Gasteiger partial charge in [0.1, 0.15) is 0 Å². The molecule has 1 N–H and O–H groups in total. The molecule has 2 heterocycles. The van der Waals surface area contributed by atoms with Crippen molar-refractivity contribution in [3.05, 3.63) is 48.7 Å². The molecule has 0 saturated heterocycles. The molecule has 2 aromatic rings. The maximum Gasteiger partial charge on any atom is 0.282 e. The van der Waals surface area contributed by atoms with E-state index in [-0.39, 0.29) is 0 Å². The molecule has 0 aliphatic rings. The summed E-state index contributed by atoms with van der Waals surface area (Å²) in [5, 5.41) is -0.628. The van der Waals surface area contributed by atoms with Gasteiger partial charge in [-0.25, -0.2) is 9.37 Å². The van der Waals surface area contributed by atoms with Crippen LogP contribution in [0.1, 0.15) is 0 Å². The zero-order chi connectivity index (χ0) is 12.3. The van der Waals surface area contributed by atoms with Gasteiger partial charge in [0.05, 0.1) is 5.69 Å². The smallest absolute Gasteiger partial charge is 0.278 e. The van der Waals surface area contributed by atoms with Crippen molar-refractivity contribution in [3.8, 4) is 0 Å². The molecule has 2 rings (SSSR count). The van der Waals surface area contributed by atoms with Gasteiger partial charge in [-0.2, -0.15) is 8.42 Å². The predicted octanol–water partition coefficient (Wildman–Crippen LogP) is 1.42. The van der Waals surface area contributed by atoms with Gasteiger partial charge < -0.3 is 0 Å². The summed E-state index contributed by atoms with van der Waals surface area (Å²) in [6, 6.07) is 5.27. The minimum atomic E-state index is -4.01. The Morgan fingerprint density at radius 1 is 1.12 bits per heavy atom. The Morgan fingerprint density at radius 3 is 2.47 bits per heavy atom. The fourth-order valence-corrected chi connectivity index (χ4v) is 2.26. The van der Waals surface area contributed by atoms with E-state index >= 15 is 0 Å². The first-order valence-electron chi connectivity index (χ1n) is 4.63. The molecule has 7 heteroatoms. The standard InChI is InChI=1S/C10H8FN3O2S/c11-9-2-1-5-13-10(9)17(15,16)14-8-3-6-12-7-4-8/h1-7H,(H,12,14). The van der Waals surface area contributed by atoms with Crippen LogP contribution in [0.4, 0.5) is 10.1 Å². The van der Waals surface area contributed by atoms with Crippen LogP contribution in [0.5, 0.6) is 0 Å². The number of hydrogen-bond donors (Lipinski definition) is 1. The van der Waals surface area contributed by atoms with Gasteiger partial charge in [-0.1, -0.05) is 0 Å². The zero-order valence-corrected chi connectivity index (χ0v) is 9.36. The van der Waals surface area contributed by atoms with Gasteiger partial charge in [0.2, 0.25) is 5.03 Å². The monoisotopic (exact) mass is 253 g/mol. The van der Waals surface area contributed by atoms with E-state index in [1.54, 1.807) is 0 Å². The number of nitrogens with one attached hydrogen (secondary N) is 1. The third-order valence-electron chi connectivity index (χ3n) is 1.91. The van der Waals surface area contributed by atoms with Crippen molar-refractivity contribution in [3.63, 3.8) is 0 Å². The molecule has 88 valence electrons. The van der Waals surface area contributed by atoms with Crippen LogP contribution in [0, 0.1) is 5.82 Å². The first-order valence-corrected chi connectivity index (χ1v) is 6.11. The van der Waals surface area contributed by atoms with Crippen LogP contribution in [0.25, 0.3) is 0 Å². The maximum atomic E-state index is 13.3. The Balaban J connectivity index is 2.36. The van der Waals surface area contributed by atoms with Crippen LogP contribution in [0.2, 0.25) is 0 Å². The molecule has 0 bridgehead atoms. The summed E-state index contributed by atoms with van der Waals surface area (Å²) in [5.74, 6) is -0.894. The number of nitrogens with zero attached hydrogens (tertiary/aromatic N) is 2. The van der Waals surface area contributed by atoms with Crippen LogP contribution in [0.3, 0.4) is 0 Å². The third-order valence-corrected chi connectivity index (χ3v) is 3.23. The minimum absolute atomic E-state index is 0.296. The van der Waals surface area contributed by atoms with Crippen molar-refractivity contribution in [1.29, 1.82) is 0 Å². The molecule has 0 aliphatic carbocycles. The number of rotatable bonds is 3. The third kappa shape index (κ3) is 2.56. The Hall–Kier alpha value is -2.02. The number of halogens is 1. The van der Waals surface area contributed by atoms with Gasteiger partial charge >= 0.3 is 0 Å². The number of pyridine rings is 2. The predicted molar refractivity (Wildman–Crippen MR) is 59.2 cm³/mol. The highest BCUT2D eigenvalue weighted by Gasteiger charge is 2.20. The molecule has 0 aromatic carbocycles. The molecule has 2 aromatic heterocycles. The van der Waals surface area contributed by atoms with Gasteiger partial charge in [-0.15, -0.1) is 0 Å². The molecule has 5 nitrogen and oxygen atoms in total. The van der Waals surface area contributed by atoms with Crippen molar-refractivity contribution < 1.29 is 12.8 Å². The van der Waals surface area contributed by atoms with Gasteiger partial charge in [0.25, 0.3) is 10.0 Å². The van der Waals surface area contributed by atoms with E-state index in [0.29, 0.717) is 5.69 Å². The van der Waals surface area contributed by atoms with Crippen LogP contribution in [-0.4, -0.2) is 18.4 Å². The molecular formula is C10H8FN3O2S. The van der Waals surface area contributed by atoms with Gasteiger partial charge in [0.15, 0.2) is 5.82 Å². The average molecular weight is 253 g/mol. The molecule has 0 amide bonds. The Kier molecular flexibility index (Phi) is 3.01. The SMILES string of the molecule is O=S(=O)(Nc1ccncc1)c1ncccc1F. The lowest BCUT2D eigenvalue weighted by atomic mass is 10.4. The van der Waals surface area contributed by atoms with E-state index in [0.717, 1.165) is 6.07 Å². The van der Waals surface area contributed by atoms with Gasteiger partial charge in [0, 0.05) is 18.6 Å². The molecule has 0 saturated carbocycles. The van der Waals surface area contributed by atoms with Crippen LogP contribution < -0.4 is 4.72 Å². The summed E-state index contributed by atoms with van der Waals surface area (Å²) in [4.78, 5) is 7.25. The number of hydrogen-bond acceptors (Lipinski definition) is 4. The molecule has 0 radical (unpaired) electrons. The number of anilines is 1. The molecule has 0 spiro atoms. The van der Waals surface area contributed by atoms with E-state index in [1.165, 1.54) is 36.8 Å². The second-order valence-corrected chi connectivity index (χ2v) is 4.73. The lowest BCUT2D eigenvalue weighted by Gasteiger charge is -2.06. The zero-order valence-electron chi connectivity index (χ0n) is 8.54. The summed E-state index contributed by atoms with van der Waals surface area (Å²) >= 11 is 0. The Morgan fingerprint density at radius 2 is 1.82 bits per heavy atom. The van der Waals surface area contributed by atoms with Gasteiger partial charge in [-0.05, 0) is 24.3 Å². The second-order valence-electron chi connectivity index (χ2n) is 3.13. The van der Waals surface area contributed by atoms with Crippen molar-refractivity contribution in [2.45, 2.75) is 5.03 Å². The van der Waals surface area contributed by atoms with Crippen molar-refractivity contribution in [2.75, 3.05) is 4.72 Å². The minimum Gasteiger partial charge on any atom is -0.278 e. The fourth-order valence-electron chi connectivity index (χ4n) is 1.19. The lowest BCUT2D eigenvalue weighted by molar-refractivity contribution is 0.557. The number of sulfonamides is 1. The highest BCUT2D eigenvalue weighted by molar-refractivity contribution is 7.92. The van der Waals surface area contributed by atoms with Crippen LogP contribution in [0.15, 0.2) is 47.9 Å².